The minimum atomic E-state index is -0.770. The number of carbonyl (C=O) groups is 3. The van der Waals surface area contributed by atoms with Crippen LogP contribution in [0.3, 0.4) is 0 Å². The summed E-state index contributed by atoms with van der Waals surface area (Å²) < 4.78 is 16.9. The van der Waals surface area contributed by atoms with Gasteiger partial charge in [-0.05, 0) is 70.6 Å². The summed E-state index contributed by atoms with van der Waals surface area (Å²) in [7, 11) is 0. The number of ether oxygens (including phenoxy) is 3. The molecule has 0 aliphatic heterocycles. The molecule has 0 aliphatic carbocycles. The van der Waals surface area contributed by atoms with E-state index in [9.17, 15) is 14.4 Å². The van der Waals surface area contributed by atoms with Gasteiger partial charge in [0.15, 0.2) is 6.10 Å². The zero-order chi connectivity index (χ0) is 48.6. The fraction of sp³-hybridized carbons (Fsp3) is 0.885. The second-order valence-corrected chi connectivity index (χ2v) is 20.3. The van der Waals surface area contributed by atoms with Gasteiger partial charge in [-0.3, -0.25) is 14.4 Å². The number of hydrogen-bond acceptors (Lipinski definition) is 6. The molecular weight excluding hydrogens is 829 g/mol. The fourth-order valence-electron chi connectivity index (χ4n) is 8.91. The molecule has 0 N–H and O–H groups in total. The number of allylic oxidation sites excluding steroid dienone is 4. The molecule has 0 saturated carbocycles. The Balaban J connectivity index is 4.31. The Bertz CT molecular complexity index is 1080. The van der Waals surface area contributed by atoms with Crippen molar-refractivity contribution in [3.63, 3.8) is 0 Å². The lowest BCUT2D eigenvalue weighted by Gasteiger charge is -2.18. The highest BCUT2D eigenvalue weighted by molar-refractivity contribution is 5.71. The summed E-state index contributed by atoms with van der Waals surface area (Å²) in [6.07, 6.45) is 65.9. The van der Waals surface area contributed by atoms with Crippen LogP contribution in [0.25, 0.3) is 0 Å². The molecule has 0 saturated heterocycles. The van der Waals surface area contributed by atoms with Crippen molar-refractivity contribution in [3.8, 4) is 0 Å². The van der Waals surface area contributed by atoms with Crippen LogP contribution in [0.2, 0.25) is 0 Å². The summed E-state index contributed by atoms with van der Waals surface area (Å²) in [6, 6.07) is 0. The molecule has 0 spiro atoms. The molecule has 0 aromatic heterocycles. The highest BCUT2D eigenvalue weighted by atomic mass is 16.6. The maximum atomic E-state index is 12.9. The maximum absolute atomic E-state index is 12.9. The van der Waals surface area contributed by atoms with Crippen molar-refractivity contribution in [3.05, 3.63) is 24.3 Å². The van der Waals surface area contributed by atoms with Gasteiger partial charge in [-0.1, -0.05) is 263 Å². The largest absolute Gasteiger partial charge is 0.462 e. The zero-order valence-corrected chi connectivity index (χ0v) is 45.2. The summed E-state index contributed by atoms with van der Waals surface area (Å²) in [6.45, 7) is 6.68. The van der Waals surface area contributed by atoms with Gasteiger partial charge in [-0.25, -0.2) is 0 Å². The van der Waals surface area contributed by atoms with Gasteiger partial charge in [-0.2, -0.15) is 0 Å². The second kappa shape index (κ2) is 56.5. The fourth-order valence-corrected chi connectivity index (χ4v) is 8.91. The summed E-state index contributed by atoms with van der Waals surface area (Å²) >= 11 is 0. The molecule has 0 aromatic rings. The first kappa shape index (κ1) is 64.9. The van der Waals surface area contributed by atoms with Crippen LogP contribution >= 0.6 is 0 Å². The van der Waals surface area contributed by atoms with Gasteiger partial charge in [0.2, 0.25) is 0 Å². The van der Waals surface area contributed by atoms with E-state index in [4.69, 9.17) is 14.2 Å². The van der Waals surface area contributed by atoms with Gasteiger partial charge in [0, 0.05) is 19.3 Å². The van der Waals surface area contributed by atoms with Crippen LogP contribution in [0.4, 0.5) is 0 Å². The number of unbranched alkanes of at least 4 members (excludes halogenated alkanes) is 40. The molecule has 394 valence electrons. The van der Waals surface area contributed by atoms with Gasteiger partial charge in [0.25, 0.3) is 0 Å². The van der Waals surface area contributed by atoms with Crippen LogP contribution in [0, 0.1) is 0 Å². The van der Waals surface area contributed by atoms with Crippen molar-refractivity contribution < 1.29 is 28.6 Å². The van der Waals surface area contributed by atoms with Gasteiger partial charge in [0.1, 0.15) is 13.2 Å². The van der Waals surface area contributed by atoms with E-state index in [1.165, 1.54) is 231 Å². The first-order chi connectivity index (χ1) is 33.0. The van der Waals surface area contributed by atoms with Gasteiger partial charge in [-0.15, -0.1) is 0 Å². The van der Waals surface area contributed by atoms with E-state index >= 15 is 0 Å². The Labute approximate surface area is 417 Å². The molecule has 0 radical (unpaired) electrons. The van der Waals surface area contributed by atoms with Gasteiger partial charge in [0.05, 0.1) is 0 Å². The van der Waals surface area contributed by atoms with E-state index in [1.807, 2.05) is 0 Å². The zero-order valence-electron chi connectivity index (χ0n) is 45.2. The lowest BCUT2D eigenvalue weighted by Crippen LogP contribution is -2.30. The molecule has 0 fully saturated rings. The van der Waals surface area contributed by atoms with E-state index in [-0.39, 0.29) is 31.1 Å². The molecule has 0 heterocycles. The minimum Gasteiger partial charge on any atom is -0.462 e. The SMILES string of the molecule is CCCCCCCC/C=C\CCCCCCCCCCCC(=O)OCC(COC(=O)CCCCCCCCCCCCCCC)OC(=O)CCCCCCCCC/C=C\CCCCCCCC. The first-order valence-corrected chi connectivity index (χ1v) is 29.8. The molecule has 67 heavy (non-hydrogen) atoms. The molecule has 0 bridgehead atoms. The Morgan fingerprint density at radius 1 is 0.284 bits per heavy atom. The number of carbonyl (C=O) groups excluding carboxylic acids is 3. The van der Waals surface area contributed by atoms with E-state index in [1.54, 1.807) is 0 Å². The van der Waals surface area contributed by atoms with Gasteiger partial charge >= 0.3 is 17.9 Å². The van der Waals surface area contributed by atoms with Crippen LogP contribution in [-0.4, -0.2) is 37.2 Å². The molecular formula is C61H114O6. The Morgan fingerprint density at radius 3 is 0.746 bits per heavy atom. The van der Waals surface area contributed by atoms with E-state index < -0.39 is 6.10 Å². The van der Waals surface area contributed by atoms with Crippen molar-refractivity contribution in [2.75, 3.05) is 13.2 Å². The molecule has 6 heteroatoms. The summed E-state index contributed by atoms with van der Waals surface area (Å²) in [5, 5.41) is 0. The van der Waals surface area contributed by atoms with Crippen LogP contribution < -0.4 is 0 Å². The van der Waals surface area contributed by atoms with E-state index in [0.717, 1.165) is 57.8 Å². The molecule has 0 aliphatic rings. The van der Waals surface area contributed by atoms with E-state index in [2.05, 4.69) is 45.1 Å². The summed E-state index contributed by atoms with van der Waals surface area (Å²) in [5.74, 6) is -0.854. The summed E-state index contributed by atoms with van der Waals surface area (Å²) in [5.41, 5.74) is 0. The summed E-state index contributed by atoms with van der Waals surface area (Å²) in [4.78, 5) is 38.2. The molecule has 6 nitrogen and oxygen atoms in total. The third-order valence-electron chi connectivity index (χ3n) is 13.4. The molecule has 1 atom stereocenters. The normalized spacial score (nSPS) is 12.1. The highest BCUT2D eigenvalue weighted by Gasteiger charge is 2.19. The van der Waals surface area contributed by atoms with Gasteiger partial charge < -0.3 is 14.2 Å². The molecule has 0 aromatic carbocycles. The third-order valence-corrected chi connectivity index (χ3v) is 13.4. The predicted molar refractivity (Wildman–Crippen MR) is 289 cm³/mol. The molecule has 0 amide bonds. The maximum Gasteiger partial charge on any atom is 0.306 e. The van der Waals surface area contributed by atoms with Crippen molar-refractivity contribution >= 4 is 17.9 Å². The van der Waals surface area contributed by atoms with Crippen LogP contribution in [0.15, 0.2) is 24.3 Å². The Hall–Kier alpha value is -2.11. The van der Waals surface area contributed by atoms with Crippen molar-refractivity contribution in [1.29, 1.82) is 0 Å². The van der Waals surface area contributed by atoms with Crippen molar-refractivity contribution in [2.24, 2.45) is 0 Å². The lowest BCUT2D eigenvalue weighted by molar-refractivity contribution is -0.167. The first-order valence-electron chi connectivity index (χ1n) is 29.8. The highest BCUT2D eigenvalue weighted by Crippen LogP contribution is 2.17. The monoisotopic (exact) mass is 943 g/mol. The van der Waals surface area contributed by atoms with Crippen molar-refractivity contribution in [1.82, 2.24) is 0 Å². The predicted octanol–water partition coefficient (Wildman–Crippen LogP) is 19.9. The lowest BCUT2D eigenvalue weighted by atomic mass is 10.0. The standard InChI is InChI=1S/C61H114O6/c1-4-7-10-13-16-19-22-25-27-29-30-32-33-36-39-42-45-48-51-54-60(63)66-57-58(56-65-59(62)53-50-47-44-41-38-35-24-21-18-15-12-9-6-3)67-61(64)55-52-49-46-43-40-37-34-31-28-26-23-20-17-14-11-8-5-2/h25-28,58H,4-24,29-57H2,1-3H3/b27-25-,28-26-. The quantitative estimate of drug-likeness (QED) is 0.0262. The van der Waals surface area contributed by atoms with E-state index in [0.29, 0.717) is 19.3 Å². The second-order valence-electron chi connectivity index (χ2n) is 20.3. The third kappa shape index (κ3) is 54.7. The average Bonchev–Trinajstić information content (AvgIpc) is 3.33. The smallest absolute Gasteiger partial charge is 0.306 e. The molecule has 1 unspecified atom stereocenters. The topological polar surface area (TPSA) is 78.9 Å². The van der Waals surface area contributed by atoms with Crippen LogP contribution in [-0.2, 0) is 28.6 Å². The number of rotatable bonds is 55. The van der Waals surface area contributed by atoms with Crippen LogP contribution in [0.5, 0.6) is 0 Å². The number of hydrogen-bond donors (Lipinski definition) is 0. The minimum absolute atomic E-state index is 0.0690. The van der Waals surface area contributed by atoms with Crippen molar-refractivity contribution in [2.45, 2.75) is 335 Å². The van der Waals surface area contributed by atoms with Crippen LogP contribution in [0.1, 0.15) is 329 Å². The average molecular weight is 944 g/mol. The Morgan fingerprint density at radius 2 is 0.493 bits per heavy atom. The molecule has 0 rings (SSSR count). The Kier molecular flexibility index (Phi) is 54.7. The number of esters is 3.